The van der Waals surface area contributed by atoms with Crippen molar-refractivity contribution in [3.63, 3.8) is 0 Å². The number of carbonyl (C=O) groups is 3. The Labute approximate surface area is 167 Å². The van der Waals surface area contributed by atoms with E-state index in [1.54, 1.807) is 42.5 Å². The molecule has 1 atom stereocenters. The summed E-state index contributed by atoms with van der Waals surface area (Å²) in [5.74, 6) is -1.11. The summed E-state index contributed by atoms with van der Waals surface area (Å²) in [6.45, 7) is 0.278. The summed E-state index contributed by atoms with van der Waals surface area (Å²) in [6.07, 6.45) is 1.76. The minimum Gasteiger partial charge on any atom is -0.459 e. The second-order valence-electron chi connectivity index (χ2n) is 6.71. The van der Waals surface area contributed by atoms with Crippen LogP contribution in [0.5, 0.6) is 0 Å². The number of fused-ring (bicyclic) bond motifs is 1. The lowest BCUT2D eigenvalue weighted by atomic mass is 9.93. The second-order valence-corrected chi connectivity index (χ2v) is 6.71. The summed E-state index contributed by atoms with van der Waals surface area (Å²) in [6, 6.07) is 18.6. The van der Waals surface area contributed by atoms with Crippen molar-refractivity contribution in [1.82, 2.24) is 15.8 Å². The maximum Gasteiger partial charge on any atom is 0.290 e. The Balaban J connectivity index is 1.53. The fourth-order valence-electron chi connectivity index (χ4n) is 3.38. The molecule has 0 bridgehead atoms. The van der Waals surface area contributed by atoms with Crippen molar-refractivity contribution < 1.29 is 18.8 Å². The molecule has 3 amide bonds. The minimum absolute atomic E-state index is 0.163. The van der Waals surface area contributed by atoms with Gasteiger partial charge in [0.1, 0.15) is 6.04 Å². The lowest BCUT2D eigenvalue weighted by Gasteiger charge is -2.35. The second kappa shape index (κ2) is 8.02. The Kier molecular flexibility index (Phi) is 5.11. The van der Waals surface area contributed by atoms with E-state index in [1.807, 2.05) is 24.3 Å². The smallest absolute Gasteiger partial charge is 0.290 e. The summed E-state index contributed by atoms with van der Waals surface area (Å²) >= 11 is 0. The highest BCUT2D eigenvalue weighted by molar-refractivity contribution is 5.98. The zero-order valence-electron chi connectivity index (χ0n) is 15.5. The van der Waals surface area contributed by atoms with E-state index in [0.29, 0.717) is 12.0 Å². The van der Waals surface area contributed by atoms with Crippen molar-refractivity contribution in [3.8, 4) is 0 Å². The number of benzene rings is 2. The Morgan fingerprint density at radius 1 is 0.862 bits per heavy atom. The van der Waals surface area contributed by atoms with Gasteiger partial charge in [0.2, 0.25) is 0 Å². The molecule has 1 aliphatic heterocycles. The summed E-state index contributed by atoms with van der Waals surface area (Å²) in [5, 5.41) is 0. The van der Waals surface area contributed by atoms with Gasteiger partial charge >= 0.3 is 0 Å². The average Bonchev–Trinajstić information content (AvgIpc) is 3.31. The Morgan fingerprint density at radius 2 is 1.59 bits per heavy atom. The SMILES string of the molecule is O=C(NNC(=O)C1Cc2ccccc2CN1C(=O)c1ccco1)c1ccccc1. The van der Waals surface area contributed by atoms with Gasteiger partial charge in [-0.1, -0.05) is 42.5 Å². The fourth-order valence-corrected chi connectivity index (χ4v) is 3.38. The molecule has 146 valence electrons. The van der Waals surface area contributed by atoms with E-state index in [9.17, 15) is 14.4 Å². The van der Waals surface area contributed by atoms with Crippen LogP contribution in [0.3, 0.4) is 0 Å². The molecule has 29 heavy (non-hydrogen) atoms. The maximum atomic E-state index is 12.9. The molecule has 1 unspecified atom stereocenters. The van der Waals surface area contributed by atoms with Gasteiger partial charge < -0.3 is 9.32 Å². The molecule has 1 aliphatic rings. The first-order valence-electron chi connectivity index (χ1n) is 9.20. The standard InChI is InChI=1S/C22H19N3O4/c26-20(15-7-2-1-3-8-15)23-24-21(27)18-13-16-9-4-5-10-17(16)14-25(18)22(28)19-11-6-12-29-19/h1-12,18H,13-14H2,(H,23,26)(H,24,27). The van der Waals surface area contributed by atoms with E-state index in [2.05, 4.69) is 10.9 Å². The van der Waals surface area contributed by atoms with E-state index in [4.69, 9.17) is 4.42 Å². The quantitative estimate of drug-likeness (QED) is 0.673. The van der Waals surface area contributed by atoms with Crippen LogP contribution in [0, 0.1) is 0 Å². The van der Waals surface area contributed by atoms with Crippen molar-refractivity contribution in [3.05, 3.63) is 95.4 Å². The van der Waals surface area contributed by atoms with Gasteiger partial charge in [0.15, 0.2) is 5.76 Å². The zero-order valence-corrected chi connectivity index (χ0v) is 15.5. The lowest BCUT2D eigenvalue weighted by molar-refractivity contribution is -0.127. The van der Waals surface area contributed by atoms with E-state index in [-0.39, 0.29) is 18.2 Å². The van der Waals surface area contributed by atoms with Crippen molar-refractivity contribution in [2.75, 3.05) is 0 Å². The van der Waals surface area contributed by atoms with Gasteiger partial charge in [-0.2, -0.15) is 0 Å². The molecule has 7 heteroatoms. The largest absolute Gasteiger partial charge is 0.459 e. The Bertz CT molecular complexity index is 1030. The van der Waals surface area contributed by atoms with Crippen LogP contribution in [0.25, 0.3) is 0 Å². The third-order valence-electron chi connectivity index (χ3n) is 4.88. The molecular weight excluding hydrogens is 370 g/mol. The molecule has 0 saturated carbocycles. The molecule has 3 aromatic rings. The molecule has 0 spiro atoms. The molecule has 0 saturated heterocycles. The monoisotopic (exact) mass is 389 g/mol. The number of hydrogen-bond acceptors (Lipinski definition) is 4. The van der Waals surface area contributed by atoms with Crippen LogP contribution in [0.2, 0.25) is 0 Å². The third kappa shape index (κ3) is 3.89. The Hall–Kier alpha value is -3.87. The molecule has 1 aromatic heterocycles. The van der Waals surface area contributed by atoms with E-state index in [1.165, 1.54) is 11.2 Å². The van der Waals surface area contributed by atoms with E-state index < -0.39 is 17.9 Å². The molecule has 4 rings (SSSR count). The molecule has 0 aliphatic carbocycles. The van der Waals surface area contributed by atoms with Crippen LogP contribution in [0.4, 0.5) is 0 Å². The number of carbonyl (C=O) groups excluding carboxylic acids is 3. The number of hydrazine groups is 1. The molecular formula is C22H19N3O4. The van der Waals surface area contributed by atoms with E-state index >= 15 is 0 Å². The highest BCUT2D eigenvalue weighted by atomic mass is 16.3. The first-order valence-corrected chi connectivity index (χ1v) is 9.20. The van der Waals surface area contributed by atoms with Gasteiger partial charge in [0.05, 0.1) is 6.26 Å². The first-order chi connectivity index (χ1) is 14.1. The summed E-state index contributed by atoms with van der Waals surface area (Å²) in [5.41, 5.74) is 7.25. The van der Waals surface area contributed by atoms with Gasteiger partial charge in [0, 0.05) is 18.5 Å². The number of rotatable bonds is 3. The molecule has 0 fully saturated rings. The van der Waals surface area contributed by atoms with Gasteiger partial charge in [-0.25, -0.2) is 0 Å². The van der Waals surface area contributed by atoms with Crippen LogP contribution < -0.4 is 10.9 Å². The highest BCUT2D eigenvalue weighted by Gasteiger charge is 2.36. The van der Waals surface area contributed by atoms with E-state index in [0.717, 1.165) is 11.1 Å². The lowest BCUT2D eigenvalue weighted by Crippen LogP contribution is -2.56. The average molecular weight is 389 g/mol. The predicted octanol–water partition coefficient (Wildman–Crippen LogP) is 2.31. The van der Waals surface area contributed by atoms with Crippen LogP contribution in [-0.2, 0) is 17.8 Å². The summed E-state index contributed by atoms with van der Waals surface area (Å²) in [7, 11) is 0. The molecule has 2 N–H and O–H groups in total. The summed E-state index contributed by atoms with van der Waals surface area (Å²) in [4.78, 5) is 39.5. The highest BCUT2D eigenvalue weighted by Crippen LogP contribution is 2.25. The molecule has 7 nitrogen and oxygen atoms in total. The third-order valence-corrected chi connectivity index (χ3v) is 4.88. The fraction of sp³-hybridized carbons (Fsp3) is 0.136. The normalized spacial score (nSPS) is 15.3. The zero-order chi connectivity index (χ0) is 20.2. The van der Waals surface area contributed by atoms with Crippen molar-refractivity contribution in [2.24, 2.45) is 0 Å². The predicted molar refractivity (Wildman–Crippen MR) is 105 cm³/mol. The number of amides is 3. The van der Waals surface area contributed by atoms with Crippen LogP contribution in [0.1, 0.15) is 32.0 Å². The topological polar surface area (TPSA) is 91.7 Å². The van der Waals surface area contributed by atoms with Crippen LogP contribution >= 0.6 is 0 Å². The molecule has 2 heterocycles. The maximum absolute atomic E-state index is 12.9. The number of nitrogens with zero attached hydrogens (tertiary/aromatic N) is 1. The Morgan fingerprint density at radius 3 is 2.31 bits per heavy atom. The first kappa shape index (κ1) is 18.5. The number of furan rings is 1. The number of hydrogen-bond donors (Lipinski definition) is 2. The van der Waals surface area contributed by atoms with Gasteiger partial charge in [-0.3, -0.25) is 25.2 Å². The van der Waals surface area contributed by atoms with Crippen LogP contribution in [-0.4, -0.2) is 28.7 Å². The molecule has 0 radical (unpaired) electrons. The van der Waals surface area contributed by atoms with Crippen molar-refractivity contribution in [1.29, 1.82) is 0 Å². The number of nitrogens with one attached hydrogen (secondary N) is 2. The van der Waals surface area contributed by atoms with Crippen molar-refractivity contribution >= 4 is 17.7 Å². The molecule has 2 aromatic carbocycles. The minimum atomic E-state index is -0.779. The van der Waals surface area contributed by atoms with Crippen LogP contribution in [0.15, 0.2) is 77.4 Å². The van der Waals surface area contributed by atoms with Gasteiger partial charge in [0.25, 0.3) is 17.7 Å². The van der Waals surface area contributed by atoms with Gasteiger partial charge in [-0.15, -0.1) is 0 Å². The van der Waals surface area contributed by atoms with Crippen molar-refractivity contribution in [2.45, 2.75) is 19.0 Å². The summed E-state index contributed by atoms with van der Waals surface area (Å²) < 4.78 is 5.23. The van der Waals surface area contributed by atoms with Gasteiger partial charge in [-0.05, 0) is 35.4 Å².